The quantitative estimate of drug-likeness (QED) is 0.684. The molecule has 1 aliphatic rings. The van der Waals surface area contributed by atoms with Crippen molar-refractivity contribution in [3.05, 3.63) is 65.2 Å². The van der Waals surface area contributed by atoms with Gasteiger partial charge in [-0.1, -0.05) is 49.2 Å². The van der Waals surface area contributed by atoms with Gasteiger partial charge in [-0.15, -0.1) is 0 Å². The molecule has 2 aromatic rings. The highest BCUT2D eigenvalue weighted by Crippen LogP contribution is 2.40. The number of anilines is 1. The average molecular weight is 365 g/mol. The Morgan fingerprint density at radius 3 is 2.59 bits per heavy atom. The molecule has 1 aliphatic heterocycles. The van der Waals surface area contributed by atoms with Crippen LogP contribution in [0.15, 0.2) is 48.5 Å². The molecular formula is C23H27NO3. The van der Waals surface area contributed by atoms with Crippen LogP contribution in [0.3, 0.4) is 0 Å². The average Bonchev–Trinajstić information content (AvgIpc) is 2.67. The summed E-state index contributed by atoms with van der Waals surface area (Å²) in [6, 6.07) is 15.2. The molecule has 0 saturated carbocycles. The normalized spacial score (nSPS) is 18.7. The highest BCUT2D eigenvalue weighted by Gasteiger charge is 2.36. The van der Waals surface area contributed by atoms with Crippen LogP contribution in [0, 0.1) is 6.92 Å². The fraction of sp³-hybridized carbons (Fsp3) is 0.391. The van der Waals surface area contributed by atoms with E-state index in [0.29, 0.717) is 18.4 Å². The van der Waals surface area contributed by atoms with Crippen molar-refractivity contribution in [1.82, 2.24) is 0 Å². The number of benzene rings is 2. The van der Waals surface area contributed by atoms with Crippen molar-refractivity contribution in [2.75, 3.05) is 4.90 Å². The Balaban J connectivity index is 1.93. The van der Waals surface area contributed by atoms with Gasteiger partial charge in [0.2, 0.25) is 0 Å². The van der Waals surface area contributed by atoms with Crippen molar-refractivity contribution >= 4 is 17.6 Å². The number of ether oxygens (including phenoxy) is 1. The Morgan fingerprint density at radius 2 is 1.89 bits per heavy atom. The molecule has 0 spiro atoms. The van der Waals surface area contributed by atoms with Gasteiger partial charge in [0.15, 0.2) is 0 Å². The van der Waals surface area contributed by atoms with E-state index in [9.17, 15) is 9.59 Å². The van der Waals surface area contributed by atoms with E-state index in [-0.39, 0.29) is 24.0 Å². The first-order chi connectivity index (χ1) is 13.0. The van der Waals surface area contributed by atoms with Crippen LogP contribution in [0.4, 0.5) is 5.69 Å². The summed E-state index contributed by atoms with van der Waals surface area (Å²) >= 11 is 0. The molecule has 0 bridgehead atoms. The van der Waals surface area contributed by atoms with Crippen molar-refractivity contribution in [3.8, 4) is 0 Å². The minimum Gasteiger partial charge on any atom is -0.457 e. The zero-order valence-electron chi connectivity index (χ0n) is 16.3. The Kier molecular flexibility index (Phi) is 5.94. The molecule has 0 saturated heterocycles. The molecule has 142 valence electrons. The van der Waals surface area contributed by atoms with Crippen molar-refractivity contribution in [1.29, 1.82) is 0 Å². The number of fused-ring (bicyclic) bond motifs is 1. The fourth-order valence-corrected chi connectivity index (χ4v) is 3.61. The molecule has 0 aromatic heterocycles. The number of unbranched alkanes of at least 4 members (excludes halogenated alkanes) is 1. The third-order valence-corrected chi connectivity index (χ3v) is 5.03. The summed E-state index contributed by atoms with van der Waals surface area (Å²) in [6.45, 7) is 6.08. The lowest BCUT2D eigenvalue weighted by Crippen LogP contribution is -2.44. The summed E-state index contributed by atoms with van der Waals surface area (Å²) < 4.78 is 5.80. The molecule has 4 heteroatoms. The summed E-state index contributed by atoms with van der Waals surface area (Å²) in [5, 5.41) is 0. The van der Waals surface area contributed by atoms with E-state index in [4.69, 9.17) is 4.74 Å². The van der Waals surface area contributed by atoms with Crippen LogP contribution in [-0.4, -0.2) is 17.9 Å². The second-order valence-corrected chi connectivity index (χ2v) is 7.27. The maximum absolute atomic E-state index is 13.1. The van der Waals surface area contributed by atoms with Crippen molar-refractivity contribution < 1.29 is 14.3 Å². The molecule has 0 radical (unpaired) electrons. The number of nitrogens with zero attached hydrogens (tertiary/aromatic N) is 1. The van der Waals surface area contributed by atoms with Crippen LogP contribution in [0.25, 0.3) is 0 Å². The molecular weight excluding hydrogens is 338 g/mol. The molecule has 2 aromatic carbocycles. The maximum atomic E-state index is 13.1. The van der Waals surface area contributed by atoms with Gasteiger partial charge in [0.1, 0.15) is 6.10 Å². The van der Waals surface area contributed by atoms with Crippen LogP contribution in [0.2, 0.25) is 0 Å². The summed E-state index contributed by atoms with van der Waals surface area (Å²) in [6.07, 6.45) is 2.53. The van der Waals surface area contributed by atoms with Crippen LogP contribution in [0.1, 0.15) is 67.1 Å². The molecule has 4 nitrogen and oxygen atoms in total. The first kappa shape index (κ1) is 19.2. The van der Waals surface area contributed by atoms with Gasteiger partial charge in [-0.05, 0) is 38.5 Å². The van der Waals surface area contributed by atoms with E-state index in [1.807, 2.05) is 67.3 Å². The summed E-state index contributed by atoms with van der Waals surface area (Å²) in [4.78, 5) is 27.2. The van der Waals surface area contributed by atoms with Gasteiger partial charge in [-0.25, -0.2) is 0 Å². The van der Waals surface area contributed by atoms with Crippen molar-refractivity contribution in [2.24, 2.45) is 0 Å². The maximum Gasteiger partial charge on any atom is 0.306 e. The highest BCUT2D eigenvalue weighted by atomic mass is 16.5. The van der Waals surface area contributed by atoms with Crippen LogP contribution < -0.4 is 4.90 Å². The molecule has 3 rings (SSSR count). The number of carbonyl (C=O) groups is 2. The molecule has 1 heterocycles. The largest absolute Gasteiger partial charge is 0.457 e. The molecule has 0 aliphatic carbocycles. The van der Waals surface area contributed by atoms with E-state index in [0.717, 1.165) is 29.7 Å². The Bertz CT molecular complexity index is 816. The number of aryl methyl sites for hydroxylation is 1. The first-order valence-corrected chi connectivity index (χ1v) is 9.70. The molecule has 0 N–H and O–H groups in total. The molecule has 2 atom stereocenters. The van der Waals surface area contributed by atoms with Gasteiger partial charge in [0.25, 0.3) is 5.91 Å². The number of hydrogen-bond acceptors (Lipinski definition) is 3. The highest BCUT2D eigenvalue weighted by molar-refractivity contribution is 6.07. The lowest BCUT2D eigenvalue weighted by molar-refractivity contribution is -0.150. The van der Waals surface area contributed by atoms with E-state index in [1.54, 1.807) is 0 Å². The van der Waals surface area contributed by atoms with Crippen LogP contribution >= 0.6 is 0 Å². The summed E-state index contributed by atoms with van der Waals surface area (Å²) in [5.74, 6) is -0.187. The van der Waals surface area contributed by atoms with Gasteiger partial charge in [0, 0.05) is 30.0 Å². The molecule has 0 unspecified atom stereocenters. The van der Waals surface area contributed by atoms with Crippen LogP contribution in [0.5, 0.6) is 0 Å². The molecule has 0 fully saturated rings. The van der Waals surface area contributed by atoms with Gasteiger partial charge < -0.3 is 9.64 Å². The predicted octanol–water partition coefficient (Wildman–Crippen LogP) is 5.21. The second kappa shape index (κ2) is 8.38. The fourth-order valence-electron chi connectivity index (χ4n) is 3.61. The van der Waals surface area contributed by atoms with Gasteiger partial charge in [0.05, 0.1) is 5.69 Å². The topological polar surface area (TPSA) is 46.6 Å². The second-order valence-electron chi connectivity index (χ2n) is 7.27. The Morgan fingerprint density at radius 1 is 1.15 bits per heavy atom. The number of carbonyl (C=O) groups excluding carboxylic acids is 2. The lowest BCUT2D eigenvalue weighted by atomic mass is 9.91. The van der Waals surface area contributed by atoms with Gasteiger partial charge >= 0.3 is 5.97 Å². The van der Waals surface area contributed by atoms with Crippen molar-refractivity contribution in [2.45, 2.75) is 58.6 Å². The first-order valence-electron chi connectivity index (χ1n) is 9.70. The summed E-state index contributed by atoms with van der Waals surface area (Å²) in [7, 11) is 0. The Hall–Kier alpha value is -2.62. The SMILES string of the molecule is CCCCC(=O)O[C@H]1C[C@H](C)N(C(=O)c2ccccc2)c2ccc(C)cc21. The standard InChI is InChI=1S/C23H27NO3/c1-4-5-11-22(25)27-21-15-17(3)24(20-13-12-16(2)14-19(20)21)23(26)18-9-7-6-8-10-18/h6-10,12-14,17,21H,4-5,11,15H2,1-3H3/t17-,21-/m0/s1. The molecule has 1 amide bonds. The number of rotatable bonds is 5. The lowest BCUT2D eigenvalue weighted by Gasteiger charge is -2.39. The van der Waals surface area contributed by atoms with E-state index in [1.165, 1.54) is 0 Å². The van der Waals surface area contributed by atoms with Gasteiger partial charge in [-0.2, -0.15) is 0 Å². The monoisotopic (exact) mass is 365 g/mol. The van der Waals surface area contributed by atoms with Crippen molar-refractivity contribution in [3.63, 3.8) is 0 Å². The minimum absolute atomic E-state index is 0.0241. The van der Waals surface area contributed by atoms with E-state index in [2.05, 4.69) is 6.92 Å². The minimum atomic E-state index is -0.306. The van der Waals surface area contributed by atoms with Gasteiger partial charge in [-0.3, -0.25) is 9.59 Å². The number of esters is 1. The van der Waals surface area contributed by atoms with E-state index >= 15 is 0 Å². The third kappa shape index (κ3) is 4.21. The zero-order valence-corrected chi connectivity index (χ0v) is 16.3. The zero-order chi connectivity index (χ0) is 19.4. The third-order valence-electron chi connectivity index (χ3n) is 5.03. The molecule has 27 heavy (non-hydrogen) atoms. The number of hydrogen-bond donors (Lipinski definition) is 0. The summed E-state index contributed by atoms with van der Waals surface area (Å²) in [5.41, 5.74) is 3.50. The van der Waals surface area contributed by atoms with E-state index < -0.39 is 0 Å². The Labute approximate surface area is 161 Å². The van der Waals surface area contributed by atoms with Crippen LogP contribution in [-0.2, 0) is 9.53 Å². The smallest absolute Gasteiger partial charge is 0.306 e. The number of amides is 1. The predicted molar refractivity (Wildman–Crippen MR) is 107 cm³/mol.